The van der Waals surface area contributed by atoms with Crippen LogP contribution in [0.15, 0.2) is 48.7 Å². The molecule has 0 saturated carbocycles. The second kappa shape index (κ2) is 9.56. The SMILES string of the molecule is CC(C)CCOC(=O)C(C)Oc1ccc(Oc2cnc3cc(Cl)ccc3n2)cc1. The molecule has 0 spiro atoms. The highest BCUT2D eigenvalue weighted by atomic mass is 35.5. The molecule has 7 heteroatoms. The lowest BCUT2D eigenvalue weighted by Gasteiger charge is -2.15. The summed E-state index contributed by atoms with van der Waals surface area (Å²) in [6, 6.07) is 12.2. The molecule has 3 rings (SSSR count). The molecule has 0 N–H and O–H groups in total. The molecule has 0 aliphatic heterocycles. The van der Waals surface area contributed by atoms with E-state index in [1.54, 1.807) is 49.4 Å². The number of hydrogen-bond donors (Lipinski definition) is 0. The summed E-state index contributed by atoms with van der Waals surface area (Å²) in [5.74, 6) is 1.60. The number of benzene rings is 2. The van der Waals surface area contributed by atoms with Gasteiger partial charge in [0.1, 0.15) is 11.5 Å². The predicted molar refractivity (Wildman–Crippen MR) is 112 cm³/mol. The summed E-state index contributed by atoms with van der Waals surface area (Å²) < 4.78 is 16.6. The van der Waals surface area contributed by atoms with Crippen molar-refractivity contribution in [1.82, 2.24) is 9.97 Å². The van der Waals surface area contributed by atoms with Crippen molar-refractivity contribution in [2.45, 2.75) is 33.3 Å². The van der Waals surface area contributed by atoms with Crippen molar-refractivity contribution in [3.63, 3.8) is 0 Å². The zero-order valence-corrected chi connectivity index (χ0v) is 17.3. The van der Waals surface area contributed by atoms with Gasteiger partial charge >= 0.3 is 5.97 Å². The summed E-state index contributed by atoms with van der Waals surface area (Å²) in [6.45, 7) is 6.22. The van der Waals surface area contributed by atoms with E-state index in [4.69, 9.17) is 25.8 Å². The summed E-state index contributed by atoms with van der Waals surface area (Å²) in [7, 11) is 0. The second-order valence-electron chi connectivity index (χ2n) is 7.02. The Labute approximate surface area is 174 Å². The van der Waals surface area contributed by atoms with Crippen LogP contribution in [0.2, 0.25) is 5.02 Å². The number of carbonyl (C=O) groups excluding carboxylic acids is 1. The van der Waals surface area contributed by atoms with E-state index in [0.717, 1.165) is 6.42 Å². The van der Waals surface area contributed by atoms with E-state index in [0.29, 0.717) is 46.0 Å². The van der Waals surface area contributed by atoms with Gasteiger partial charge in [-0.05, 0) is 61.7 Å². The largest absolute Gasteiger partial charge is 0.479 e. The molecule has 6 nitrogen and oxygen atoms in total. The Hall–Kier alpha value is -2.86. The summed E-state index contributed by atoms with van der Waals surface area (Å²) >= 11 is 5.96. The number of esters is 1. The maximum atomic E-state index is 12.0. The van der Waals surface area contributed by atoms with Gasteiger partial charge in [-0.1, -0.05) is 25.4 Å². The first-order chi connectivity index (χ1) is 13.9. The standard InChI is InChI=1S/C22H23ClN2O4/c1-14(2)10-11-27-22(26)15(3)28-17-5-7-18(8-6-17)29-21-13-24-20-12-16(23)4-9-19(20)25-21/h4-9,12-15H,10-11H2,1-3H3. The van der Waals surface area contributed by atoms with Gasteiger partial charge in [-0.3, -0.25) is 0 Å². The fourth-order valence-electron chi connectivity index (χ4n) is 2.49. The molecule has 1 aromatic heterocycles. The Morgan fingerprint density at radius 1 is 1.03 bits per heavy atom. The highest BCUT2D eigenvalue weighted by Gasteiger charge is 2.16. The monoisotopic (exact) mass is 414 g/mol. The lowest BCUT2D eigenvalue weighted by Crippen LogP contribution is -2.26. The fourth-order valence-corrected chi connectivity index (χ4v) is 2.65. The van der Waals surface area contributed by atoms with Crippen LogP contribution in [0.25, 0.3) is 11.0 Å². The van der Waals surface area contributed by atoms with Gasteiger partial charge in [0.25, 0.3) is 0 Å². The molecular formula is C22H23ClN2O4. The molecule has 1 unspecified atom stereocenters. The highest BCUT2D eigenvalue weighted by molar-refractivity contribution is 6.31. The maximum absolute atomic E-state index is 12.0. The minimum atomic E-state index is -0.688. The first-order valence-electron chi connectivity index (χ1n) is 9.44. The van der Waals surface area contributed by atoms with Crippen molar-refractivity contribution in [3.8, 4) is 17.4 Å². The minimum Gasteiger partial charge on any atom is -0.479 e. The smallest absolute Gasteiger partial charge is 0.347 e. The summed E-state index contributed by atoms with van der Waals surface area (Å²) in [6.07, 6.45) is 1.68. The zero-order chi connectivity index (χ0) is 20.8. The Morgan fingerprint density at radius 2 is 1.76 bits per heavy atom. The van der Waals surface area contributed by atoms with Gasteiger partial charge in [0.2, 0.25) is 5.88 Å². The molecule has 2 aromatic carbocycles. The van der Waals surface area contributed by atoms with Crippen LogP contribution in [0.4, 0.5) is 0 Å². The summed E-state index contributed by atoms with van der Waals surface area (Å²) in [4.78, 5) is 20.7. The number of carbonyl (C=O) groups is 1. The second-order valence-corrected chi connectivity index (χ2v) is 7.46. The highest BCUT2D eigenvalue weighted by Crippen LogP contribution is 2.25. The molecule has 0 saturated heterocycles. The number of hydrogen-bond acceptors (Lipinski definition) is 6. The number of nitrogens with zero attached hydrogens (tertiary/aromatic N) is 2. The molecule has 0 aliphatic carbocycles. The van der Waals surface area contributed by atoms with Gasteiger partial charge in [-0.25, -0.2) is 14.8 Å². The number of aromatic nitrogens is 2. The van der Waals surface area contributed by atoms with Crippen molar-refractivity contribution in [3.05, 3.63) is 53.7 Å². The van der Waals surface area contributed by atoms with Crippen LogP contribution >= 0.6 is 11.6 Å². The summed E-state index contributed by atoms with van der Waals surface area (Å²) in [5.41, 5.74) is 1.39. The quantitative estimate of drug-likeness (QED) is 0.457. The average molecular weight is 415 g/mol. The van der Waals surface area contributed by atoms with Gasteiger partial charge in [0, 0.05) is 5.02 Å². The molecule has 0 amide bonds. The van der Waals surface area contributed by atoms with Gasteiger partial charge in [0.05, 0.1) is 23.8 Å². The lowest BCUT2D eigenvalue weighted by atomic mass is 10.1. The van der Waals surface area contributed by atoms with Gasteiger partial charge in [-0.15, -0.1) is 0 Å². The van der Waals surface area contributed by atoms with Crippen LogP contribution < -0.4 is 9.47 Å². The van der Waals surface area contributed by atoms with Crippen molar-refractivity contribution in [1.29, 1.82) is 0 Å². The number of halogens is 1. The molecule has 0 fully saturated rings. The first-order valence-corrected chi connectivity index (χ1v) is 9.82. The normalized spacial score (nSPS) is 12.0. The van der Waals surface area contributed by atoms with Crippen LogP contribution in [-0.2, 0) is 9.53 Å². The van der Waals surface area contributed by atoms with E-state index in [9.17, 15) is 4.79 Å². The van der Waals surface area contributed by atoms with E-state index in [1.165, 1.54) is 6.20 Å². The zero-order valence-electron chi connectivity index (χ0n) is 16.6. The van der Waals surface area contributed by atoms with E-state index >= 15 is 0 Å². The first kappa shape index (κ1) is 20.9. The predicted octanol–water partition coefficient (Wildman–Crippen LogP) is 5.43. The molecule has 1 heterocycles. The molecular weight excluding hydrogens is 392 g/mol. The third-order valence-electron chi connectivity index (χ3n) is 4.11. The van der Waals surface area contributed by atoms with Crippen molar-refractivity contribution < 1.29 is 19.0 Å². The van der Waals surface area contributed by atoms with Crippen molar-refractivity contribution >= 4 is 28.6 Å². The number of ether oxygens (including phenoxy) is 3. The Kier molecular flexibility index (Phi) is 6.88. The van der Waals surface area contributed by atoms with Crippen molar-refractivity contribution in [2.24, 2.45) is 5.92 Å². The summed E-state index contributed by atoms with van der Waals surface area (Å²) in [5, 5.41) is 0.606. The van der Waals surface area contributed by atoms with Crippen molar-refractivity contribution in [2.75, 3.05) is 6.61 Å². The number of fused-ring (bicyclic) bond motifs is 1. The van der Waals surface area contributed by atoms with Gasteiger partial charge < -0.3 is 14.2 Å². The van der Waals surface area contributed by atoms with Crippen LogP contribution in [-0.4, -0.2) is 28.6 Å². The van der Waals surface area contributed by atoms with Crippen LogP contribution in [0.3, 0.4) is 0 Å². The van der Waals surface area contributed by atoms with E-state index in [1.807, 2.05) is 0 Å². The van der Waals surface area contributed by atoms with Crippen LogP contribution in [0, 0.1) is 5.92 Å². The van der Waals surface area contributed by atoms with Crippen LogP contribution in [0.5, 0.6) is 17.4 Å². The van der Waals surface area contributed by atoms with E-state index in [2.05, 4.69) is 23.8 Å². The van der Waals surface area contributed by atoms with Crippen LogP contribution in [0.1, 0.15) is 27.2 Å². The Bertz CT molecular complexity index is 976. The van der Waals surface area contributed by atoms with E-state index in [-0.39, 0.29) is 5.97 Å². The van der Waals surface area contributed by atoms with Gasteiger partial charge in [0.15, 0.2) is 6.10 Å². The van der Waals surface area contributed by atoms with Gasteiger partial charge in [-0.2, -0.15) is 0 Å². The Balaban J connectivity index is 1.57. The minimum absolute atomic E-state index is 0.371. The third-order valence-corrected chi connectivity index (χ3v) is 4.35. The molecule has 1 atom stereocenters. The molecule has 3 aromatic rings. The van der Waals surface area contributed by atoms with E-state index < -0.39 is 6.10 Å². The third kappa shape index (κ3) is 6.06. The topological polar surface area (TPSA) is 70.5 Å². The molecule has 152 valence electrons. The molecule has 0 bridgehead atoms. The average Bonchev–Trinajstić information content (AvgIpc) is 2.69. The molecule has 0 aliphatic rings. The fraction of sp³-hybridized carbons (Fsp3) is 0.318. The Morgan fingerprint density at radius 3 is 2.48 bits per heavy atom. The number of rotatable bonds is 8. The molecule has 0 radical (unpaired) electrons. The maximum Gasteiger partial charge on any atom is 0.347 e. The lowest BCUT2D eigenvalue weighted by molar-refractivity contribution is -0.151. The molecule has 29 heavy (non-hydrogen) atoms.